The van der Waals surface area contributed by atoms with Gasteiger partial charge in [-0.3, -0.25) is 4.57 Å². The van der Waals surface area contributed by atoms with Crippen LogP contribution in [0.4, 0.5) is 0 Å². The van der Waals surface area contributed by atoms with Crippen LogP contribution in [-0.4, -0.2) is 14.5 Å². The molecule has 0 unspecified atom stereocenters. The zero-order valence-corrected chi connectivity index (χ0v) is 29.8. The van der Waals surface area contributed by atoms with E-state index in [1.54, 1.807) is 0 Å². The average Bonchev–Trinajstić information content (AvgIpc) is 3.79. The van der Waals surface area contributed by atoms with Crippen LogP contribution >= 0.6 is 11.3 Å². The molecule has 3 heterocycles. The average molecular weight is 704 g/mol. The molecule has 0 aliphatic rings. The minimum absolute atomic E-state index is 0.667. The van der Waals surface area contributed by atoms with Gasteiger partial charge >= 0.3 is 0 Å². The number of hydrogen-bond donors (Lipinski definition) is 0. The fourth-order valence-corrected chi connectivity index (χ4v) is 9.94. The molecule has 0 saturated heterocycles. The molecular weight excluding hydrogens is 675 g/mol. The minimum atomic E-state index is 0.667. The van der Waals surface area contributed by atoms with Crippen LogP contribution in [0.5, 0.6) is 0 Å². The number of aromatic nitrogens is 3. The number of para-hydroxylation sites is 2. The summed E-state index contributed by atoms with van der Waals surface area (Å²) < 4.78 is 4.95. The third kappa shape index (κ3) is 4.17. The fourth-order valence-electron chi connectivity index (χ4n) is 8.85. The van der Waals surface area contributed by atoms with Crippen LogP contribution in [0.15, 0.2) is 176 Å². The van der Waals surface area contributed by atoms with Gasteiger partial charge in [-0.05, 0) is 69.1 Å². The normalized spacial score (nSPS) is 12.1. The summed E-state index contributed by atoms with van der Waals surface area (Å²) in [6, 6.07) is 63.6. The van der Waals surface area contributed by atoms with Gasteiger partial charge in [0.25, 0.3) is 0 Å². The van der Waals surface area contributed by atoms with Crippen molar-refractivity contribution in [2.24, 2.45) is 0 Å². The predicted octanol–water partition coefficient (Wildman–Crippen LogP) is 13.9. The Morgan fingerprint density at radius 2 is 1.04 bits per heavy atom. The van der Waals surface area contributed by atoms with E-state index in [9.17, 15) is 0 Å². The quantitative estimate of drug-likeness (QED) is 0.172. The standard InChI is InChI=1S/C50H29N3S/c1-2-14-30(15-3-1)48-37-21-8-11-23-42(37)51-50(52-48)53-43-24-12-9-22-38(43)47-46-35-19-6-4-16-32(35)39(29-41(46)33-17-5-7-20-36(33)49(47)53)31-26-27-45-40(28-31)34-18-10-13-25-44(34)54-45/h1-29H. The summed E-state index contributed by atoms with van der Waals surface area (Å²) in [5.41, 5.74) is 7.60. The Morgan fingerprint density at radius 1 is 0.389 bits per heavy atom. The van der Waals surface area contributed by atoms with Crippen LogP contribution in [0, 0.1) is 0 Å². The van der Waals surface area contributed by atoms with Gasteiger partial charge in [0.15, 0.2) is 0 Å². The van der Waals surface area contributed by atoms with E-state index in [0.29, 0.717) is 5.95 Å². The third-order valence-electron chi connectivity index (χ3n) is 11.2. The number of benzene rings is 9. The fraction of sp³-hybridized carbons (Fsp3) is 0. The van der Waals surface area contributed by atoms with Crippen molar-refractivity contribution >= 4 is 96.5 Å². The van der Waals surface area contributed by atoms with Gasteiger partial charge in [0.2, 0.25) is 5.95 Å². The second-order valence-corrected chi connectivity index (χ2v) is 15.2. The van der Waals surface area contributed by atoms with Crippen molar-refractivity contribution in [3.05, 3.63) is 176 Å². The number of thiophene rings is 1. The molecule has 0 aliphatic heterocycles. The first-order valence-corrected chi connectivity index (χ1v) is 19.2. The maximum absolute atomic E-state index is 5.41. The monoisotopic (exact) mass is 703 g/mol. The highest BCUT2D eigenvalue weighted by Crippen LogP contribution is 2.47. The first kappa shape index (κ1) is 29.7. The van der Waals surface area contributed by atoms with Gasteiger partial charge in [-0.1, -0.05) is 140 Å². The maximum atomic E-state index is 5.41. The van der Waals surface area contributed by atoms with Crippen LogP contribution in [0.2, 0.25) is 0 Å². The van der Waals surface area contributed by atoms with E-state index < -0.39 is 0 Å². The Morgan fingerprint density at radius 3 is 1.89 bits per heavy atom. The zero-order chi connectivity index (χ0) is 35.3. The Hall–Kier alpha value is -6.88. The molecule has 0 spiro atoms. The maximum Gasteiger partial charge on any atom is 0.235 e. The van der Waals surface area contributed by atoms with E-state index in [-0.39, 0.29) is 0 Å². The first-order chi connectivity index (χ1) is 26.8. The van der Waals surface area contributed by atoms with Gasteiger partial charge in [0.1, 0.15) is 0 Å². The highest BCUT2D eigenvalue weighted by atomic mass is 32.1. The number of hydrogen-bond acceptors (Lipinski definition) is 3. The number of fused-ring (bicyclic) bond motifs is 14. The zero-order valence-electron chi connectivity index (χ0n) is 29.0. The molecule has 0 N–H and O–H groups in total. The van der Waals surface area contributed by atoms with Crippen molar-refractivity contribution in [2.75, 3.05) is 0 Å². The lowest BCUT2D eigenvalue weighted by atomic mass is 9.88. The van der Waals surface area contributed by atoms with Crippen LogP contribution in [0.3, 0.4) is 0 Å². The Labute approximate surface area is 314 Å². The molecule has 3 nitrogen and oxygen atoms in total. The lowest BCUT2D eigenvalue weighted by molar-refractivity contribution is 1.02. The van der Waals surface area contributed by atoms with E-state index in [4.69, 9.17) is 9.97 Å². The van der Waals surface area contributed by atoms with Crippen LogP contribution in [0.25, 0.3) is 114 Å². The van der Waals surface area contributed by atoms with E-state index in [1.165, 1.54) is 74.4 Å². The molecule has 12 aromatic rings. The molecule has 0 aliphatic carbocycles. The Kier molecular flexibility index (Phi) is 6.21. The second-order valence-electron chi connectivity index (χ2n) is 14.1. The summed E-state index contributed by atoms with van der Waals surface area (Å²) in [6.45, 7) is 0. The Balaban J connectivity index is 1.24. The van der Waals surface area contributed by atoms with Crippen LogP contribution < -0.4 is 0 Å². The SMILES string of the molecule is c1ccc(-c2nc(-n3c4ccccc4c4c5c6ccccc6c(-c6ccc7sc8ccccc8c7c6)cc5c5ccccc5c43)nc3ccccc23)cc1. The van der Waals surface area contributed by atoms with E-state index in [1.807, 2.05) is 11.3 Å². The molecule has 12 rings (SSSR count). The molecule has 0 atom stereocenters. The van der Waals surface area contributed by atoms with Crippen molar-refractivity contribution in [1.29, 1.82) is 0 Å². The highest BCUT2D eigenvalue weighted by Gasteiger charge is 2.23. The van der Waals surface area contributed by atoms with E-state index in [2.05, 4.69) is 180 Å². The number of nitrogens with zero attached hydrogens (tertiary/aromatic N) is 3. The molecular formula is C50H29N3S. The van der Waals surface area contributed by atoms with Gasteiger partial charge in [-0.2, -0.15) is 0 Å². The first-order valence-electron chi connectivity index (χ1n) is 18.3. The third-order valence-corrected chi connectivity index (χ3v) is 12.3. The van der Waals surface area contributed by atoms with Gasteiger partial charge in [-0.15, -0.1) is 11.3 Å². The van der Waals surface area contributed by atoms with Crippen LogP contribution in [-0.2, 0) is 0 Å². The second kappa shape index (κ2) is 11.3. The molecule has 54 heavy (non-hydrogen) atoms. The number of rotatable bonds is 3. The molecule has 4 heteroatoms. The van der Waals surface area contributed by atoms with Gasteiger partial charge in [0.05, 0.1) is 22.2 Å². The summed E-state index contributed by atoms with van der Waals surface area (Å²) in [5, 5.41) is 13.4. The molecule has 9 aromatic carbocycles. The van der Waals surface area contributed by atoms with Gasteiger partial charge in [-0.25, -0.2) is 9.97 Å². The summed E-state index contributed by atoms with van der Waals surface area (Å²) in [5.74, 6) is 0.667. The Bertz CT molecular complexity index is 3500. The molecule has 0 fully saturated rings. The van der Waals surface area contributed by atoms with Crippen molar-refractivity contribution in [3.63, 3.8) is 0 Å². The molecule has 0 bridgehead atoms. The smallest absolute Gasteiger partial charge is 0.235 e. The van der Waals surface area contributed by atoms with Crippen molar-refractivity contribution in [3.8, 4) is 28.3 Å². The topological polar surface area (TPSA) is 30.7 Å². The molecule has 3 aromatic heterocycles. The summed E-state index contributed by atoms with van der Waals surface area (Å²) in [4.78, 5) is 10.7. The lowest BCUT2D eigenvalue weighted by Crippen LogP contribution is -2.03. The van der Waals surface area contributed by atoms with E-state index >= 15 is 0 Å². The molecule has 0 radical (unpaired) electrons. The summed E-state index contributed by atoms with van der Waals surface area (Å²) >= 11 is 1.86. The van der Waals surface area contributed by atoms with Gasteiger partial charge < -0.3 is 0 Å². The van der Waals surface area contributed by atoms with Gasteiger partial charge in [0, 0.05) is 52.7 Å². The van der Waals surface area contributed by atoms with E-state index in [0.717, 1.165) is 33.2 Å². The van der Waals surface area contributed by atoms with Crippen LogP contribution in [0.1, 0.15) is 0 Å². The van der Waals surface area contributed by atoms with Crippen molar-refractivity contribution in [2.45, 2.75) is 0 Å². The summed E-state index contributed by atoms with van der Waals surface area (Å²) in [6.07, 6.45) is 0. The summed E-state index contributed by atoms with van der Waals surface area (Å²) in [7, 11) is 0. The molecule has 250 valence electrons. The van der Waals surface area contributed by atoms with Crippen molar-refractivity contribution < 1.29 is 0 Å². The largest absolute Gasteiger partial charge is 0.277 e. The molecule has 0 saturated carbocycles. The molecule has 0 amide bonds. The lowest BCUT2D eigenvalue weighted by Gasteiger charge is -2.16. The van der Waals surface area contributed by atoms with Crippen molar-refractivity contribution in [1.82, 2.24) is 14.5 Å². The predicted molar refractivity (Wildman–Crippen MR) is 230 cm³/mol. The minimum Gasteiger partial charge on any atom is -0.277 e. The highest BCUT2D eigenvalue weighted by molar-refractivity contribution is 7.25.